The Morgan fingerprint density at radius 2 is 2.11 bits per heavy atom. The lowest BCUT2D eigenvalue weighted by Crippen LogP contribution is -2.17. The van der Waals surface area contributed by atoms with Crippen molar-refractivity contribution in [3.63, 3.8) is 0 Å². The first-order chi connectivity index (χ1) is 8.47. The van der Waals surface area contributed by atoms with Gasteiger partial charge in [-0.25, -0.2) is 4.98 Å². The van der Waals surface area contributed by atoms with E-state index >= 15 is 0 Å². The molecule has 0 bridgehead atoms. The van der Waals surface area contributed by atoms with E-state index in [1.54, 1.807) is 29.4 Å². The molecule has 2 N–H and O–H groups in total. The fourth-order valence-corrected chi connectivity index (χ4v) is 1.67. The summed E-state index contributed by atoms with van der Waals surface area (Å²) in [4.78, 5) is 3.85. The maximum atomic E-state index is 12.6. The Morgan fingerprint density at radius 1 is 1.33 bits per heavy atom. The molecule has 1 atom stereocenters. The maximum Gasteiger partial charge on any atom is 0.416 e. The van der Waals surface area contributed by atoms with Crippen molar-refractivity contribution < 1.29 is 13.2 Å². The molecule has 0 unspecified atom stereocenters. The number of nitrogens with zero attached hydrogens (tertiary/aromatic N) is 2. The Hall–Kier alpha value is -1.82. The molecule has 2 rings (SSSR count). The molecule has 0 spiro atoms. The average Bonchev–Trinajstić information content (AvgIpc) is 2.81. The van der Waals surface area contributed by atoms with Gasteiger partial charge in [0.25, 0.3) is 0 Å². The van der Waals surface area contributed by atoms with Crippen LogP contribution in [0.1, 0.15) is 17.2 Å². The second-order valence-corrected chi connectivity index (χ2v) is 3.99. The highest BCUT2D eigenvalue weighted by Gasteiger charge is 2.30. The number of alkyl halides is 3. The van der Waals surface area contributed by atoms with E-state index in [1.807, 2.05) is 0 Å². The van der Waals surface area contributed by atoms with E-state index in [2.05, 4.69) is 4.98 Å². The van der Waals surface area contributed by atoms with E-state index in [-0.39, 0.29) is 0 Å². The van der Waals surface area contributed by atoms with Crippen molar-refractivity contribution in [3.05, 3.63) is 54.1 Å². The molecule has 0 radical (unpaired) electrons. The van der Waals surface area contributed by atoms with Crippen LogP contribution in [0.3, 0.4) is 0 Å². The summed E-state index contributed by atoms with van der Waals surface area (Å²) in [7, 11) is 0. The Kier molecular flexibility index (Phi) is 3.38. The smallest absolute Gasteiger partial charge is 0.336 e. The molecule has 1 aromatic heterocycles. The van der Waals surface area contributed by atoms with Gasteiger partial charge in [-0.05, 0) is 17.7 Å². The number of hydrogen-bond donors (Lipinski definition) is 1. The van der Waals surface area contributed by atoms with Crippen molar-refractivity contribution in [3.8, 4) is 0 Å². The molecule has 0 aliphatic rings. The first-order valence-corrected chi connectivity index (χ1v) is 5.35. The van der Waals surface area contributed by atoms with Crippen LogP contribution in [-0.2, 0) is 12.7 Å². The predicted molar refractivity (Wildman–Crippen MR) is 60.6 cm³/mol. The van der Waals surface area contributed by atoms with Crippen LogP contribution in [0.4, 0.5) is 13.2 Å². The van der Waals surface area contributed by atoms with Gasteiger partial charge in [0.1, 0.15) is 0 Å². The standard InChI is InChI=1S/C12H12F3N3/c13-12(14,15)10-3-1-2-9(6-10)11(16)7-18-5-4-17-8-18/h1-6,8,11H,7,16H2/t11-/m1/s1. The lowest BCUT2D eigenvalue weighted by atomic mass is 10.0. The third-order valence-electron chi connectivity index (χ3n) is 2.61. The van der Waals surface area contributed by atoms with Gasteiger partial charge in [-0.1, -0.05) is 12.1 Å². The number of nitrogens with two attached hydrogens (primary N) is 1. The quantitative estimate of drug-likeness (QED) is 0.916. The van der Waals surface area contributed by atoms with Gasteiger partial charge < -0.3 is 10.3 Å². The summed E-state index contributed by atoms with van der Waals surface area (Å²) >= 11 is 0. The van der Waals surface area contributed by atoms with Crippen LogP contribution in [0.15, 0.2) is 43.0 Å². The van der Waals surface area contributed by atoms with Crippen LogP contribution in [-0.4, -0.2) is 9.55 Å². The summed E-state index contributed by atoms with van der Waals surface area (Å²) in [5.74, 6) is 0. The summed E-state index contributed by atoms with van der Waals surface area (Å²) < 4.78 is 39.4. The average molecular weight is 255 g/mol. The molecule has 0 aliphatic carbocycles. The number of imidazole rings is 1. The molecule has 6 heteroatoms. The maximum absolute atomic E-state index is 12.6. The zero-order valence-corrected chi connectivity index (χ0v) is 9.43. The fraction of sp³-hybridized carbons (Fsp3) is 0.250. The molecule has 18 heavy (non-hydrogen) atoms. The van der Waals surface area contributed by atoms with Gasteiger partial charge >= 0.3 is 6.18 Å². The Labute approximate surface area is 102 Å². The topological polar surface area (TPSA) is 43.8 Å². The zero-order chi connectivity index (χ0) is 13.2. The Morgan fingerprint density at radius 3 is 2.72 bits per heavy atom. The number of hydrogen-bond acceptors (Lipinski definition) is 2. The highest BCUT2D eigenvalue weighted by Crippen LogP contribution is 2.30. The summed E-state index contributed by atoms with van der Waals surface area (Å²) in [6.45, 7) is 0.390. The molecule has 1 heterocycles. The van der Waals surface area contributed by atoms with Crippen LogP contribution >= 0.6 is 0 Å². The van der Waals surface area contributed by atoms with Crippen LogP contribution < -0.4 is 5.73 Å². The van der Waals surface area contributed by atoms with E-state index < -0.39 is 17.8 Å². The third kappa shape index (κ3) is 2.89. The summed E-state index contributed by atoms with van der Waals surface area (Å²) in [5.41, 5.74) is 5.66. The minimum absolute atomic E-state index is 0.390. The zero-order valence-electron chi connectivity index (χ0n) is 9.43. The van der Waals surface area contributed by atoms with Crippen molar-refractivity contribution in [1.82, 2.24) is 9.55 Å². The number of aromatic nitrogens is 2. The molecule has 0 amide bonds. The normalized spacial score (nSPS) is 13.6. The van der Waals surface area contributed by atoms with E-state index in [9.17, 15) is 13.2 Å². The van der Waals surface area contributed by atoms with E-state index in [0.29, 0.717) is 12.1 Å². The molecule has 0 fully saturated rings. The first kappa shape index (κ1) is 12.6. The molecular weight excluding hydrogens is 243 g/mol. The van der Waals surface area contributed by atoms with E-state index in [1.165, 1.54) is 6.07 Å². The fourth-order valence-electron chi connectivity index (χ4n) is 1.67. The van der Waals surface area contributed by atoms with Crippen molar-refractivity contribution in [2.45, 2.75) is 18.8 Å². The second kappa shape index (κ2) is 4.81. The predicted octanol–water partition coefficient (Wildman–Crippen LogP) is 2.60. The summed E-state index contributed by atoms with van der Waals surface area (Å²) in [6, 6.07) is 4.58. The molecule has 0 saturated heterocycles. The van der Waals surface area contributed by atoms with E-state index in [4.69, 9.17) is 5.73 Å². The van der Waals surface area contributed by atoms with Crippen molar-refractivity contribution >= 4 is 0 Å². The number of benzene rings is 1. The minimum atomic E-state index is -4.34. The third-order valence-corrected chi connectivity index (χ3v) is 2.61. The summed E-state index contributed by atoms with van der Waals surface area (Å²) in [5, 5.41) is 0. The molecule has 0 saturated carbocycles. The SMILES string of the molecule is N[C@H](Cn1ccnc1)c1cccc(C(F)(F)F)c1. The largest absolute Gasteiger partial charge is 0.416 e. The van der Waals surface area contributed by atoms with Gasteiger partial charge in [0.05, 0.1) is 11.9 Å². The van der Waals surface area contributed by atoms with Gasteiger partial charge in [-0.2, -0.15) is 13.2 Å². The number of rotatable bonds is 3. The van der Waals surface area contributed by atoms with Gasteiger partial charge in [-0.3, -0.25) is 0 Å². The molecule has 3 nitrogen and oxygen atoms in total. The monoisotopic (exact) mass is 255 g/mol. The molecule has 0 aliphatic heterocycles. The van der Waals surface area contributed by atoms with Crippen LogP contribution in [0.5, 0.6) is 0 Å². The van der Waals surface area contributed by atoms with Gasteiger partial charge in [-0.15, -0.1) is 0 Å². The molecular formula is C12H12F3N3. The highest BCUT2D eigenvalue weighted by atomic mass is 19.4. The van der Waals surface area contributed by atoms with E-state index in [0.717, 1.165) is 12.1 Å². The van der Waals surface area contributed by atoms with Crippen LogP contribution in [0.25, 0.3) is 0 Å². The molecule has 96 valence electrons. The summed E-state index contributed by atoms with van der Waals surface area (Å²) in [6.07, 6.45) is 0.546. The van der Waals surface area contributed by atoms with Crippen molar-refractivity contribution in [1.29, 1.82) is 0 Å². The van der Waals surface area contributed by atoms with Crippen molar-refractivity contribution in [2.75, 3.05) is 0 Å². The highest BCUT2D eigenvalue weighted by molar-refractivity contribution is 5.27. The van der Waals surface area contributed by atoms with Crippen LogP contribution in [0, 0.1) is 0 Å². The minimum Gasteiger partial charge on any atom is -0.336 e. The van der Waals surface area contributed by atoms with Gasteiger partial charge in [0.15, 0.2) is 0 Å². The van der Waals surface area contributed by atoms with Crippen molar-refractivity contribution in [2.24, 2.45) is 5.73 Å². The lowest BCUT2D eigenvalue weighted by Gasteiger charge is -2.15. The lowest BCUT2D eigenvalue weighted by molar-refractivity contribution is -0.137. The van der Waals surface area contributed by atoms with Gasteiger partial charge in [0, 0.05) is 25.0 Å². The second-order valence-electron chi connectivity index (χ2n) is 3.99. The van der Waals surface area contributed by atoms with Crippen LogP contribution in [0.2, 0.25) is 0 Å². The first-order valence-electron chi connectivity index (χ1n) is 5.35. The Balaban J connectivity index is 2.18. The molecule has 1 aromatic carbocycles. The van der Waals surface area contributed by atoms with Gasteiger partial charge in [0.2, 0.25) is 0 Å². The Bertz CT molecular complexity index is 506. The number of halogens is 3. The molecule has 2 aromatic rings.